The van der Waals surface area contributed by atoms with Gasteiger partial charge in [-0.15, -0.1) is 0 Å². The number of anilines is 1. The lowest BCUT2D eigenvalue weighted by atomic mass is 10.1. The number of ether oxygens (including phenoxy) is 1. The second kappa shape index (κ2) is 5.76. The molecule has 0 fully saturated rings. The maximum absolute atomic E-state index is 10.9. The van der Waals surface area contributed by atoms with Crippen molar-refractivity contribution in [3.63, 3.8) is 0 Å². The Morgan fingerprint density at radius 1 is 1.62 bits per heavy atom. The molecule has 0 aliphatic heterocycles. The third-order valence-electron chi connectivity index (χ3n) is 1.95. The van der Waals surface area contributed by atoms with Gasteiger partial charge in [-0.25, -0.2) is 9.78 Å². The van der Waals surface area contributed by atoms with Gasteiger partial charge in [-0.2, -0.15) is 4.37 Å². The quantitative estimate of drug-likeness (QED) is 0.783. The summed E-state index contributed by atoms with van der Waals surface area (Å²) in [6.07, 6.45) is 0. The maximum Gasteiger partial charge on any atom is 0.326 e. The van der Waals surface area contributed by atoms with Crippen molar-refractivity contribution in [3.8, 4) is 0 Å². The van der Waals surface area contributed by atoms with E-state index in [1.165, 1.54) is 0 Å². The average molecular weight is 245 g/mol. The van der Waals surface area contributed by atoms with E-state index in [2.05, 4.69) is 14.7 Å². The van der Waals surface area contributed by atoms with Crippen molar-refractivity contribution in [1.82, 2.24) is 9.36 Å². The molecule has 0 aromatic carbocycles. The third-order valence-corrected chi connectivity index (χ3v) is 2.64. The fourth-order valence-electron chi connectivity index (χ4n) is 1.15. The van der Waals surface area contributed by atoms with E-state index in [4.69, 9.17) is 9.84 Å². The van der Waals surface area contributed by atoms with Crippen LogP contribution in [0, 0.1) is 5.92 Å². The van der Waals surface area contributed by atoms with Gasteiger partial charge in [0, 0.05) is 18.6 Å². The number of hydrogen-bond donors (Lipinski definition) is 2. The first-order valence-electron chi connectivity index (χ1n) is 4.85. The van der Waals surface area contributed by atoms with Crippen molar-refractivity contribution in [2.45, 2.75) is 26.5 Å². The van der Waals surface area contributed by atoms with Crippen molar-refractivity contribution < 1.29 is 14.6 Å². The lowest BCUT2D eigenvalue weighted by Gasteiger charge is -2.16. The van der Waals surface area contributed by atoms with E-state index in [1.54, 1.807) is 7.11 Å². The first-order valence-corrected chi connectivity index (χ1v) is 5.62. The molecule has 0 aliphatic carbocycles. The van der Waals surface area contributed by atoms with E-state index in [0.717, 1.165) is 11.5 Å². The number of aliphatic carboxylic acids is 1. The minimum Gasteiger partial charge on any atom is -0.480 e. The highest BCUT2D eigenvalue weighted by molar-refractivity contribution is 7.09. The van der Waals surface area contributed by atoms with Crippen LogP contribution in [0.3, 0.4) is 0 Å². The summed E-state index contributed by atoms with van der Waals surface area (Å²) in [6, 6.07) is -0.650. The number of nitrogens with one attached hydrogen (secondary N) is 1. The summed E-state index contributed by atoms with van der Waals surface area (Å²) >= 11 is 1.14. The molecule has 16 heavy (non-hydrogen) atoms. The minimum atomic E-state index is -0.890. The molecule has 0 bridgehead atoms. The van der Waals surface area contributed by atoms with Gasteiger partial charge in [-0.3, -0.25) is 0 Å². The molecule has 6 nitrogen and oxygen atoms in total. The van der Waals surface area contributed by atoms with Crippen LogP contribution in [-0.2, 0) is 16.1 Å². The summed E-state index contributed by atoms with van der Waals surface area (Å²) in [6.45, 7) is 4.00. The Labute approximate surface area is 97.8 Å². The largest absolute Gasteiger partial charge is 0.480 e. The molecule has 1 aromatic heterocycles. The second-order valence-corrected chi connectivity index (χ2v) is 4.40. The molecule has 1 rings (SSSR count). The Bertz CT molecular complexity index is 354. The average Bonchev–Trinajstić information content (AvgIpc) is 2.61. The number of carbonyl (C=O) groups is 1. The van der Waals surface area contributed by atoms with Crippen LogP contribution >= 0.6 is 11.5 Å². The van der Waals surface area contributed by atoms with Crippen LogP contribution in [0.4, 0.5) is 5.13 Å². The Morgan fingerprint density at radius 3 is 2.81 bits per heavy atom. The SMILES string of the molecule is COCc1nsc(N[C@H](C(=O)O)C(C)C)n1. The Morgan fingerprint density at radius 2 is 2.31 bits per heavy atom. The summed E-state index contributed by atoms with van der Waals surface area (Å²) in [5.74, 6) is -0.353. The Balaban J connectivity index is 2.66. The van der Waals surface area contributed by atoms with Crippen molar-refractivity contribution in [3.05, 3.63) is 5.82 Å². The van der Waals surface area contributed by atoms with E-state index in [9.17, 15) is 4.79 Å². The molecular weight excluding hydrogens is 230 g/mol. The fourth-order valence-corrected chi connectivity index (χ4v) is 1.76. The topological polar surface area (TPSA) is 84.3 Å². The molecule has 7 heteroatoms. The summed E-state index contributed by atoms with van der Waals surface area (Å²) in [7, 11) is 1.56. The summed E-state index contributed by atoms with van der Waals surface area (Å²) in [5.41, 5.74) is 0. The van der Waals surface area contributed by atoms with Gasteiger partial charge in [-0.05, 0) is 5.92 Å². The van der Waals surface area contributed by atoms with Crippen molar-refractivity contribution in [2.75, 3.05) is 12.4 Å². The molecule has 1 atom stereocenters. The summed E-state index contributed by atoms with van der Waals surface area (Å²) in [5, 5.41) is 12.3. The lowest BCUT2D eigenvalue weighted by molar-refractivity contribution is -0.138. The summed E-state index contributed by atoms with van der Waals surface area (Å²) in [4.78, 5) is 15.1. The maximum atomic E-state index is 10.9. The van der Waals surface area contributed by atoms with E-state index in [0.29, 0.717) is 17.6 Å². The Hall–Kier alpha value is -1.21. The number of nitrogens with zero attached hydrogens (tertiary/aromatic N) is 2. The fraction of sp³-hybridized carbons (Fsp3) is 0.667. The third kappa shape index (κ3) is 3.42. The van der Waals surface area contributed by atoms with E-state index in [1.807, 2.05) is 13.8 Å². The molecule has 0 unspecified atom stereocenters. The molecular formula is C9H15N3O3S. The van der Waals surface area contributed by atoms with Gasteiger partial charge in [0.25, 0.3) is 0 Å². The molecule has 0 aliphatic rings. The number of hydrogen-bond acceptors (Lipinski definition) is 6. The number of rotatable bonds is 6. The normalized spacial score (nSPS) is 12.8. The number of methoxy groups -OCH3 is 1. The lowest BCUT2D eigenvalue weighted by Crippen LogP contribution is -2.34. The van der Waals surface area contributed by atoms with Gasteiger partial charge < -0.3 is 15.2 Å². The number of aromatic nitrogens is 2. The highest BCUT2D eigenvalue weighted by Gasteiger charge is 2.22. The van der Waals surface area contributed by atoms with Gasteiger partial charge >= 0.3 is 5.97 Å². The van der Waals surface area contributed by atoms with Crippen molar-refractivity contribution >= 4 is 22.6 Å². The zero-order chi connectivity index (χ0) is 12.1. The van der Waals surface area contributed by atoms with Crippen LogP contribution in [0.5, 0.6) is 0 Å². The van der Waals surface area contributed by atoms with Crippen LogP contribution in [0.25, 0.3) is 0 Å². The highest BCUT2D eigenvalue weighted by atomic mass is 32.1. The monoisotopic (exact) mass is 245 g/mol. The van der Waals surface area contributed by atoms with Crippen molar-refractivity contribution in [1.29, 1.82) is 0 Å². The van der Waals surface area contributed by atoms with Gasteiger partial charge in [0.05, 0.1) is 0 Å². The predicted octanol–water partition coefficient (Wildman–Crippen LogP) is 1.21. The molecule has 0 amide bonds. The highest BCUT2D eigenvalue weighted by Crippen LogP contribution is 2.15. The molecule has 1 heterocycles. The Kier molecular flexibility index (Phi) is 4.63. The number of carboxylic acid groups (broad SMARTS) is 1. The first-order chi connectivity index (χ1) is 7.54. The number of carboxylic acids is 1. The van der Waals surface area contributed by atoms with E-state index >= 15 is 0 Å². The van der Waals surface area contributed by atoms with Crippen LogP contribution < -0.4 is 5.32 Å². The van der Waals surface area contributed by atoms with Gasteiger partial charge in [0.2, 0.25) is 5.13 Å². The molecule has 0 radical (unpaired) electrons. The van der Waals surface area contributed by atoms with Gasteiger partial charge in [0.1, 0.15) is 12.6 Å². The minimum absolute atomic E-state index is 0.0210. The van der Waals surface area contributed by atoms with Crippen LogP contribution in [0.1, 0.15) is 19.7 Å². The van der Waals surface area contributed by atoms with Crippen LogP contribution in [-0.4, -0.2) is 33.6 Å². The molecule has 2 N–H and O–H groups in total. The van der Waals surface area contributed by atoms with E-state index in [-0.39, 0.29) is 5.92 Å². The zero-order valence-corrected chi connectivity index (χ0v) is 10.2. The molecule has 90 valence electrons. The first kappa shape index (κ1) is 12.9. The molecule has 0 saturated carbocycles. The zero-order valence-electron chi connectivity index (χ0n) is 9.43. The molecule has 0 saturated heterocycles. The smallest absolute Gasteiger partial charge is 0.326 e. The van der Waals surface area contributed by atoms with Crippen LogP contribution in [0.2, 0.25) is 0 Å². The second-order valence-electron chi connectivity index (χ2n) is 3.65. The molecule has 1 aromatic rings. The molecule has 0 spiro atoms. The summed E-state index contributed by atoms with van der Waals surface area (Å²) < 4.78 is 8.91. The van der Waals surface area contributed by atoms with Gasteiger partial charge in [-0.1, -0.05) is 13.8 Å². The standard InChI is InChI=1S/C9H15N3O3S/c1-5(2)7(8(13)14)11-9-10-6(4-15-3)12-16-9/h5,7H,4H2,1-3H3,(H,13,14)(H,10,11,12)/t7-/m0/s1. The van der Waals surface area contributed by atoms with E-state index < -0.39 is 12.0 Å². The predicted molar refractivity (Wildman–Crippen MR) is 60.5 cm³/mol. The van der Waals surface area contributed by atoms with Gasteiger partial charge in [0.15, 0.2) is 5.82 Å². The van der Waals surface area contributed by atoms with Crippen molar-refractivity contribution in [2.24, 2.45) is 5.92 Å². The van der Waals surface area contributed by atoms with Crippen LogP contribution in [0.15, 0.2) is 0 Å².